The highest BCUT2D eigenvalue weighted by Gasteiger charge is 2.05. The van der Waals surface area contributed by atoms with Gasteiger partial charge in [-0.05, 0) is 24.5 Å². The average Bonchev–Trinajstić information content (AvgIpc) is 2.15. The van der Waals surface area contributed by atoms with Gasteiger partial charge in [-0.3, -0.25) is 4.98 Å². The number of hydrogen-bond acceptors (Lipinski definition) is 2. The van der Waals surface area contributed by atoms with Gasteiger partial charge in [0.05, 0.1) is 5.38 Å². The monoisotopic (exact) mass is 185 g/mol. The molecule has 1 heterocycles. The second-order valence-corrected chi connectivity index (χ2v) is 3.15. The van der Waals surface area contributed by atoms with Crippen molar-refractivity contribution in [3.63, 3.8) is 0 Å². The number of aromatic nitrogens is 1. The number of hydrogen-bond donors (Lipinski definition) is 1. The van der Waals surface area contributed by atoms with Gasteiger partial charge in [0.15, 0.2) is 0 Å². The van der Waals surface area contributed by atoms with Gasteiger partial charge in [-0.15, -0.1) is 11.6 Å². The Bertz CT molecular complexity index is 215. The predicted octanol–water partition coefficient (Wildman–Crippen LogP) is 2.13. The Morgan fingerprint density at radius 2 is 2.42 bits per heavy atom. The largest absolute Gasteiger partial charge is 0.396 e. The number of aliphatic hydroxyl groups is 1. The van der Waals surface area contributed by atoms with Crippen LogP contribution in [0, 0.1) is 0 Å². The van der Waals surface area contributed by atoms with Gasteiger partial charge in [-0.2, -0.15) is 0 Å². The summed E-state index contributed by atoms with van der Waals surface area (Å²) in [6.07, 6.45) is 5.01. The van der Waals surface area contributed by atoms with E-state index >= 15 is 0 Å². The lowest BCUT2D eigenvalue weighted by Crippen LogP contribution is -1.93. The van der Waals surface area contributed by atoms with Crippen LogP contribution >= 0.6 is 11.6 Å². The van der Waals surface area contributed by atoms with E-state index in [2.05, 4.69) is 4.98 Å². The maximum absolute atomic E-state index is 8.59. The molecule has 0 aromatic carbocycles. The van der Waals surface area contributed by atoms with Crippen LogP contribution in [-0.4, -0.2) is 16.7 Å². The van der Waals surface area contributed by atoms with Crippen molar-refractivity contribution in [2.45, 2.75) is 18.2 Å². The van der Waals surface area contributed by atoms with Crippen molar-refractivity contribution in [2.75, 3.05) is 6.61 Å². The molecule has 1 unspecified atom stereocenters. The normalized spacial score (nSPS) is 12.8. The van der Waals surface area contributed by atoms with Crippen molar-refractivity contribution in [1.29, 1.82) is 0 Å². The second-order valence-electron chi connectivity index (χ2n) is 2.62. The zero-order valence-electron chi connectivity index (χ0n) is 6.78. The molecular weight excluding hydrogens is 174 g/mol. The molecular formula is C9H12ClNO. The molecule has 1 rings (SSSR count). The van der Waals surface area contributed by atoms with Crippen LogP contribution in [-0.2, 0) is 0 Å². The summed E-state index contributed by atoms with van der Waals surface area (Å²) in [7, 11) is 0. The average molecular weight is 186 g/mol. The lowest BCUT2D eigenvalue weighted by Gasteiger charge is -2.06. The van der Waals surface area contributed by atoms with Crippen molar-refractivity contribution in [3.05, 3.63) is 30.1 Å². The molecule has 3 heteroatoms. The fourth-order valence-electron chi connectivity index (χ4n) is 0.998. The summed E-state index contributed by atoms with van der Waals surface area (Å²) in [6, 6.07) is 3.81. The first-order valence-corrected chi connectivity index (χ1v) is 4.43. The predicted molar refractivity (Wildman–Crippen MR) is 49.2 cm³/mol. The van der Waals surface area contributed by atoms with Crippen molar-refractivity contribution in [2.24, 2.45) is 0 Å². The number of alkyl halides is 1. The van der Waals surface area contributed by atoms with E-state index in [1.807, 2.05) is 12.1 Å². The lowest BCUT2D eigenvalue weighted by molar-refractivity contribution is 0.284. The minimum absolute atomic E-state index is 0.0224. The topological polar surface area (TPSA) is 33.1 Å². The first-order chi connectivity index (χ1) is 5.84. The minimum Gasteiger partial charge on any atom is -0.396 e. The zero-order chi connectivity index (χ0) is 8.81. The zero-order valence-corrected chi connectivity index (χ0v) is 7.54. The third kappa shape index (κ3) is 2.80. The quantitative estimate of drug-likeness (QED) is 0.730. The van der Waals surface area contributed by atoms with Gasteiger partial charge in [0.25, 0.3) is 0 Å². The highest BCUT2D eigenvalue weighted by Crippen LogP contribution is 2.23. The SMILES string of the molecule is OCCCC(Cl)c1cccnc1. The molecule has 1 atom stereocenters. The molecule has 12 heavy (non-hydrogen) atoms. The molecule has 0 saturated carbocycles. The van der Waals surface area contributed by atoms with Gasteiger partial charge in [0.2, 0.25) is 0 Å². The number of nitrogens with zero attached hydrogens (tertiary/aromatic N) is 1. The van der Waals surface area contributed by atoms with Gasteiger partial charge in [-0.1, -0.05) is 6.07 Å². The van der Waals surface area contributed by atoms with E-state index in [9.17, 15) is 0 Å². The summed E-state index contributed by atoms with van der Waals surface area (Å²) in [5.41, 5.74) is 1.02. The molecule has 1 N–H and O–H groups in total. The van der Waals surface area contributed by atoms with Crippen molar-refractivity contribution < 1.29 is 5.11 Å². The van der Waals surface area contributed by atoms with E-state index in [4.69, 9.17) is 16.7 Å². The number of aliphatic hydroxyl groups excluding tert-OH is 1. The maximum atomic E-state index is 8.59. The van der Waals surface area contributed by atoms with E-state index in [1.165, 1.54) is 0 Å². The molecule has 0 aliphatic rings. The van der Waals surface area contributed by atoms with Crippen molar-refractivity contribution in [3.8, 4) is 0 Å². The molecule has 0 bridgehead atoms. The fraction of sp³-hybridized carbons (Fsp3) is 0.444. The van der Waals surface area contributed by atoms with Crippen LogP contribution in [0.5, 0.6) is 0 Å². The van der Waals surface area contributed by atoms with Crippen LogP contribution in [0.25, 0.3) is 0 Å². The molecule has 1 aromatic heterocycles. The van der Waals surface area contributed by atoms with Crippen LogP contribution in [0.2, 0.25) is 0 Å². The van der Waals surface area contributed by atoms with Crippen LogP contribution < -0.4 is 0 Å². The van der Waals surface area contributed by atoms with Gasteiger partial charge < -0.3 is 5.11 Å². The maximum Gasteiger partial charge on any atom is 0.0601 e. The number of halogens is 1. The first kappa shape index (κ1) is 9.49. The molecule has 66 valence electrons. The molecule has 0 amide bonds. The van der Waals surface area contributed by atoms with E-state index in [0.717, 1.165) is 18.4 Å². The van der Waals surface area contributed by atoms with Crippen LogP contribution in [0.4, 0.5) is 0 Å². The standard InChI is InChI=1S/C9H12ClNO/c10-9(4-2-6-12)8-3-1-5-11-7-8/h1,3,5,7,9,12H,2,4,6H2. The summed E-state index contributed by atoms with van der Waals surface area (Å²) in [5.74, 6) is 0. The summed E-state index contributed by atoms with van der Waals surface area (Å²) in [6.45, 7) is 0.198. The molecule has 0 spiro atoms. The van der Waals surface area contributed by atoms with Crippen LogP contribution in [0.15, 0.2) is 24.5 Å². The summed E-state index contributed by atoms with van der Waals surface area (Å²) in [4.78, 5) is 3.97. The van der Waals surface area contributed by atoms with Crippen LogP contribution in [0.1, 0.15) is 23.8 Å². The van der Waals surface area contributed by atoms with Gasteiger partial charge in [-0.25, -0.2) is 0 Å². The molecule has 0 radical (unpaired) electrons. The number of pyridine rings is 1. The first-order valence-electron chi connectivity index (χ1n) is 3.99. The highest BCUT2D eigenvalue weighted by molar-refractivity contribution is 6.20. The molecule has 2 nitrogen and oxygen atoms in total. The lowest BCUT2D eigenvalue weighted by atomic mass is 10.1. The van der Waals surface area contributed by atoms with Crippen LogP contribution in [0.3, 0.4) is 0 Å². The Balaban J connectivity index is 2.48. The third-order valence-electron chi connectivity index (χ3n) is 1.66. The highest BCUT2D eigenvalue weighted by atomic mass is 35.5. The Kier molecular flexibility index (Phi) is 4.05. The molecule has 0 saturated heterocycles. The minimum atomic E-state index is -0.0224. The third-order valence-corrected chi connectivity index (χ3v) is 2.13. The summed E-state index contributed by atoms with van der Waals surface area (Å²) >= 11 is 6.03. The van der Waals surface area contributed by atoms with Gasteiger partial charge in [0.1, 0.15) is 0 Å². The van der Waals surface area contributed by atoms with E-state index in [0.29, 0.717) is 0 Å². The van der Waals surface area contributed by atoms with Crippen molar-refractivity contribution >= 4 is 11.6 Å². The Hall–Kier alpha value is -0.600. The Morgan fingerprint density at radius 1 is 1.58 bits per heavy atom. The van der Waals surface area contributed by atoms with E-state index in [1.54, 1.807) is 12.4 Å². The molecule has 0 fully saturated rings. The van der Waals surface area contributed by atoms with Gasteiger partial charge in [0, 0.05) is 19.0 Å². The molecule has 0 aliphatic carbocycles. The van der Waals surface area contributed by atoms with Crippen molar-refractivity contribution in [1.82, 2.24) is 4.98 Å². The van der Waals surface area contributed by atoms with E-state index < -0.39 is 0 Å². The summed E-state index contributed by atoms with van der Waals surface area (Å²) in [5, 5.41) is 8.57. The summed E-state index contributed by atoms with van der Waals surface area (Å²) < 4.78 is 0. The Morgan fingerprint density at radius 3 is 3.00 bits per heavy atom. The molecule has 0 aliphatic heterocycles. The smallest absolute Gasteiger partial charge is 0.0601 e. The molecule has 1 aromatic rings. The second kappa shape index (κ2) is 5.12. The van der Waals surface area contributed by atoms with E-state index in [-0.39, 0.29) is 12.0 Å². The Labute approximate surface area is 77.2 Å². The fourth-order valence-corrected chi connectivity index (χ4v) is 1.28. The van der Waals surface area contributed by atoms with Gasteiger partial charge >= 0.3 is 0 Å². The number of rotatable bonds is 4.